The highest BCUT2D eigenvalue weighted by Crippen LogP contribution is 2.29. The molecular formula is C19H19NO. The van der Waals surface area contributed by atoms with Crippen molar-refractivity contribution >= 4 is 10.9 Å². The van der Waals surface area contributed by atoms with Crippen LogP contribution in [0.25, 0.3) is 10.9 Å². The number of aliphatic hydroxyl groups excluding tert-OH is 1. The minimum absolute atomic E-state index is 0.325. The Kier molecular flexibility index (Phi) is 3.98. The molecule has 0 fully saturated rings. The van der Waals surface area contributed by atoms with Crippen molar-refractivity contribution in [1.82, 2.24) is 4.98 Å². The molecule has 3 aromatic rings. The first-order chi connectivity index (χ1) is 10.2. The van der Waals surface area contributed by atoms with Gasteiger partial charge in [-0.05, 0) is 41.7 Å². The SMILES string of the molecule is CC(CC(O)c1ccc2ncccc2c1)c1ccccc1. The second-order valence-corrected chi connectivity index (χ2v) is 5.52. The van der Waals surface area contributed by atoms with Gasteiger partial charge in [0.05, 0.1) is 11.6 Å². The molecule has 0 amide bonds. The molecule has 106 valence electrons. The summed E-state index contributed by atoms with van der Waals surface area (Å²) in [6.45, 7) is 2.15. The molecule has 2 aromatic carbocycles. The largest absolute Gasteiger partial charge is 0.388 e. The van der Waals surface area contributed by atoms with Gasteiger partial charge in [0.1, 0.15) is 0 Å². The third-order valence-electron chi connectivity index (χ3n) is 3.96. The fourth-order valence-corrected chi connectivity index (χ4v) is 2.69. The van der Waals surface area contributed by atoms with E-state index in [0.29, 0.717) is 5.92 Å². The smallest absolute Gasteiger partial charge is 0.0796 e. The van der Waals surface area contributed by atoms with Crippen molar-refractivity contribution in [1.29, 1.82) is 0 Å². The zero-order valence-corrected chi connectivity index (χ0v) is 12.1. The van der Waals surface area contributed by atoms with Crippen molar-refractivity contribution in [2.75, 3.05) is 0 Å². The van der Waals surface area contributed by atoms with Crippen LogP contribution in [0.3, 0.4) is 0 Å². The highest BCUT2D eigenvalue weighted by Gasteiger charge is 2.14. The van der Waals surface area contributed by atoms with Crippen LogP contribution in [-0.2, 0) is 0 Å². The minimum atomic E-state index is -0.454. The van der Waals surface area contributed by atoms with Crippen LogP contribution in [0.1, 0.15) is 36.5 Å². The van der Waals surface area contributed by atoms with Gasteiger partial charge >= 0.3 is 0 Å². The molecule has 1 heterocycles. The maximum atomic E-state index is 10.5. The highest BCUT2D eigenvalue weighted by atomic mass is 16.3. The lowest BCUT2D eigenvalue weighted by Crippen LogP contribution is -2.03. The molecule has 21 heavy (non-hydrogen) atoms. The predicted molar refractivity (Wildman–Crippen MR) is 86.2 cm³/mol. The van der Waals surface area contributed by atoms with Crippen LogP contribution < -0.4 is 0 Å². The Morgan fingerprint density at radius 3 is 2.57 bits per heavy atom. The quantitative estimate of drug-likeness (QED) is 0.763. The number of fused-ring (bicyclic) bond motifs is 1. The van der Waals surface area contributed by atoms with Crippen molar-refractivity contribution in [3.8, 4) is 0 Å². The zero-order chi connectivity index (χ0) is 14.7. The first-order valence-corrected chi connectivity index (χ1v) is 7.32. The van der Waals surface area contributed by atoms with Gasteiger partial charge in [-0.2, -0.15) is 0 Å². The first-order valence-electron chi connectivity index (χ1n) is 7.32. The van der Waals surface area contributed by atoms with Crippen molar-refractivity contribution < 1.29 is 5.11 Å². The lowest BCUT2D eigenvalue weighted by atomic mass is 9.92. The summed E-state index contributed by atoms with van der Waals surface area (Å²) in [6.07, 6.45) is 2.05. The van der Waals surface area contributed by atoms with E-state index in [-0.39, 0.29) is 0 Å². The third kappa shape index (κ3) is 3.11. The number of hydrogen-bond donors (Lipinski definition) is 1. The Bertz CT molecular complexity index is 724. The molecule has 2 unspecified atom stereocenters. The number of rotatable bonds is 4. The van der Waals surface area contributed by atoms with Crippen molar-refractivity contribution in [3.05, 3.63) is 78.0 Å². The maximum absolute atomic E-state index is 10.5. The highest BCUT2D eigenvalue weighted by molar-refractivity contribution is 5.79. The molecule has 0 aliphatic rings. The van der Waals surface area contributed by atoms with E-state index in [2.05, 4.69) is 24.0 Å². The summed E-state index contributed by atoms with van der Waals surface area (Å²) in [4.78, 5) is 4.31. The Labute approximate surface area is 125 Å². The molecule has 2 atom stereocenters. The van der Waals surface area contributed by atoms with Crippen LogP contribution in [0.4, 0.5) is 0 Å². The standard InChI is InChI=1S/C19H19NO/c1-14(15-6-3-2-4-7-15)12-19(21)17-9-10-18-16(13-17)8-5-11-20-18/h2-11,13-14,19,21H,12H2,1H3. The fraction of sp³-hybridized carbons (Fsp3) is 0.211. The summed E-state index contributed by atoms with van der Waals surface area (Å²) in [5.41, 5.74) is 3.18. The summed E-state index contributed by atoms with van der Waals surface area (Å²) >= 11 is 0. The number of nitrogens with zero attached hydrogens (tertiary/aromatic N) is 1. The van der Waals surface area contributed by atoms with Gasteiger partial charge in [-0.25, -0.2) is 0 Å². The van der Waals surface area contributed by atoms with E-state index in [4.69, 9.17) is 0 Å². The first kappa shape index (κ1) is 13.8. The second-order valence-electron chi connectivity index (χ2n) is 5.52. The van der Waals surface area contributed by atoms with Crippen molar-refractivity contribution in [3.63, 3.8) is 0 Å². The van der Waals surface area contributed by atoms with Gasteiger partial charge in [-0.1, -0.05) is 49.4 Å². The van der Waals surface area contributed by atoms with Gasteiger partial charge in [0, 0.05) is 11.6 Å². The molecule has 0 saturated carbocycles. The summed E-state index contributed by atoms with van der Waals surface area (Å²) in [5, 5.41) is 11.6. The van der Waals surface area contributed by atoms with E-state index >= 15 is 0 Å². The number of hydrogen-bond acceptors (Lipinski definition) is 2. The summed E-state index contributed by atoms with van der Waals surface area (Å²) < 4.78 is 0. The van der Waals surface area contributed by atoms with E-state index in [1.165, 1.54) is 5.56 Å². The van der Waals surface area contributed by atoms with Crippen molar-refractivity contribution in [2.45, 2.75) is 25.4 Å². The van der Waals surface area contributed by atoms with E-state index in [1.54, 1.807) is 6.20 Å². The van der Waals surface area contributed by atoms with Gasteiger partial charge < -0.3 is 5.11 Å². The summed E-state index contributed by atoms with van der Waals surface area (Å²) in [6, 6.07) is 20.2. The number of benzene rings is 2. The van der Waals surface area contributed by atoms with Gasteiger partial charge in [0.25, 0.3) is 0 Å². The maximum Gasteiger partial charge on any atom is 0.0796 e. The molecule has 0 radical (unpaired) electrons. The van der Waals surface area contributed by atoms with Crippen LogP contribution in [0.5, 0.6) is 0 Å². The fourth-order valence-electron chi connectivity index (χ4n) is 2.69. The second kappa shape index (κ2) is 6.06. The van der Waals surface area contributed by atoms with E-state index in [9.17, 15) is 5.11 Å². The normalized spacial score (nSPS) is 14.0. The molecule has 2 nitrogen and oxygen atoms in total. The Hall–Kier alpha value is -2.19. The number of pyridine rings is 1. The van der Waals surface area contributed by atoms with Crippen LogP contribution in [0, 0.1) is 0 Å². The molecular weight excluding hydrogens is 258 g/mol. The molecule has 1 aromatic heterocycles. The molecule has 0 spiro atoms. The Morgan fingerprint density at radius 1 is 0.952 bits per heavy atom. The molecule has 0 saturated heterocycles. The molecule has 2 heteroatoms. The van der Waals surface area contributed by atoms with Crippen LogP contribution in [0.15, 0.2) is 66.9 Å². The van der Waals surface area contributed by atoms with Gasteiger partial charge in [-0.3, -0.25) is 4.98 Å². The summed E-state index contributed by atoms with van der Waals surface area (Å²) in [5.74, 6) is 0.325. The lowest BCUT2D eigenvalue weighted by molar-refractivity contribution is 0.160. The molecule has 0 aliphatic carbocycles. The Balaban J connectivity index is 1.79. The average Bonchev–Trinajstić information content (AvgIpc) is 2.55. The van der Waals surface area contributed by atoms with Crippen LogP contribution >= 0.6 is 0 Å². The van der Waals surface area contributed by atoms with Crippen LogP contribution in [0.2, 0.25) is 0 Å². The van der Waals surface area contributed by atoms with E-state index in [0.717, 1.165) is 22.9 Å². The monoisotopic (exact) mass is 277 g/mol. The van der Waals surface area contributed by atoms with Crippen LogP contribution in [-0.4, -0.2) is 10.1 Å². The molecule has 0 bridgehead atoms. The molecule has 1 N–H and O–H groups in total. The average molecular weight is 277 g/mol. The zero-order valence-electron chi connectivity index (χ0n) is 12.1. The van der Waals surface area contributed by atoms with E-state index in [1.807, 2.05) is 48.5 Å². The topological polar surface area (TPSA) is 33.1 Å². The third-order valence-corrected chi connectivity index (χ3v) is 3.96. The number of aliphatic hydroxyl groups is 1. The Morgan fingerprint density at radius 2 is 1.76 bits per heavy atom. The number of aromatic nitrogens is 1. The molecule has 0 aliphatic heterocycles. The van der Waals surface area contributed by atoms with Gasteiger partial charge in [0.15, 0.2) is 0 Å². The predicted octanol–water partition coefficient (Wildman–Crippen LogP) is 4.46. The van der Waals surface area contributed by atoms with E-state index < -0.39 is 6.10 Å². The van der Waals surface area contributed by atoms with Gasteiger partial charge in [0.2, 0.25) is 0 Å². The van der Waals surface area contributed by atoms with Crippen molar-refractivity contribution in [2.24, 2.45) is 0 Å². The summed E-state index contributed by atoms with van der Waals surface area (Å²) in [7, 11) is 0. The van der Waals surface area contributed by atoms with Gasteiger partial charge in [-0.15, -0.1) is 0 Å². The molecule has 3 rings (SSSR count). The lowest BCUT2D eigenvalue weighted by Gasteiger charge is -2.17. The minimum Gasteiger partial charge on any atom is -0.388 e.